The Bertz CT molecular complexity index is 319. The van der Waals surface area contributed by atoms with Gasteiger partial charge >= 0.3 is 0 Å². The number of hydrogen-bond donors (Lipinski definition) is 1. The Labute approximate surface area is 98.0 Å². The monoisotopic (exact) mass is 221 g/mol. The van der Waals surface area contributed by atoms with Gasteiger partial charge in [-0.15, -0.1) is 0 Å². The summed E-state index contributed by atoms with van der Waals surface area (Å²) in [5, 5.41) is 4.41. The fraction of sp³-hybridized carbons (Fsp3) is 0.769. The number of nitrogens with zero attached hydrogens (tertiary/aromatic N) is 2. The highest BCUT2D eigenvalue weighted by Crippen LogP contribution is 2.30. The summed E-state index contributed by atoms with van der Waals surface area (Å²) in [5.74, 6) is 0.642. The van der Waals surface area contributed by atoms with Crippen molar-refractivity contribution in [2.24, 2.45) is 5.73 Å². The minimum atomic E-state index is 0.391. The molecule has 0 bridgehead atoms. The molecule has 3 nitrogen and oxygen atoms in total. The first kappa shape index (κ1) is 11.6. The molecule has 1 aromatic rings. The molecule has 1 fully saturated rings. The van der Waals surface area contributed by atoms with Crippen molar-refractivity contribution in [2.75, 3.05) is 0 Å². The van der Waals surface area contributed by atoms with Crippen LogP contribution in [-0.2, 0) is 6.54 Å². The maximum atomic E-state index is 6.10. The van der Waals surface area contributed by atoms with Gasteiger partial charge in [0.2, 0.25) is 0 Å². The topological polar surface area (TPSA) is 43.8 Å². The molecule has 0 spiro atoms. The molecule has 2 atom stereocenters. The van der Waals surface area contributed by atoms with E-state index in [1.165, 1.54) is 31.2 Å². The van der Waals surface area contributed by atoms with Crippen LogP contribution in [0.2, 0.25) is 0 Å². The second kappa shape index (κ2) is 5.48. The fourth-order valence-corrected chi connectivity index (χ4v) is 2.64. The van der Waals surface area contributed by atoms with E-state index in [0.29, 0.717) is 12.0 Å². The smallest absolute Gasteiger partial charge is 0.0524 e. The maximum Gasteiger partial charge on any atom is 0.0524 e. The van der Waals surface area contributed by atoms with Crippen molar-refractivity contribution >= 4 is 0 Å². The van der Waals surface area contributed by atoms with Crippen LogP contribution in [0.15, 0.2) is 12.4 Å². The zero-order valence-corrected chi connectivity index (χ0v) is 10.2. The molecule has 90 valence electrons. The van der Waals surface area contributed by atoms with Crippen molar-refractivity contribution in [3.63, 3.8) is 0 Å². The van der Waals surface area contributed by atoms with Crippen LogP contribution < -0.4 is 5.73 Å². The highest BCUT2D eigenvalue weighted by atomic mass is 15.3. The first-order valence-electron chi connectivity index (χ1n) is 6.57. The molecule has 2 N–H and O–H groups in total. The van der Waals surface area contributed by atoms with E-state index in [1.807, 2.05) is 6.20 Å². The number of nitrogens with two attached hydrogens (primary N) is 1. The SMILES string of the molecule is CCCn1cc(C2CCCCC(N)C2)cn1. The van der Waals surface area contributed by atoms with Crippen LogP contribution in [-0.4, -0.2) is 15.8 Å². The van der Waals surface area contributed by atoms with Gasteiger partial charge in [-0.1, -0.05) is 19.8 Å². The van der Waals surface area contributed by atoms with E-state index in [2.05, 4.69) is 22.9 Å². The van der Waals surface area contributed by atoms with Crippen LogP contribution in [0.5, 0.6) is 0 Å². The molecule has 0 amide bonds. The van der Waals surface area contributed by atoms with Crippen molar-refractivity contribution < 1.29 is 0 Å². The van der Waals surface area contributed by atoms with Crippen molar-refractivity contribution in [1.29, 1.82) is 0 Å². The van der Waals surface area contributed by atoms with Gasteiger partial charge in [-0.05, 0) is 37.2 Å². The Hall–Kier alpha value is -0.830. The molecule has 0 radical (unpaired) electrons. The fourth-order valence-electron chi connectivity index (χ4n) is 2.64. The Morgan fingerprint density at radius 1 is 1.44 bits per heavy atom. The van der Waals surface area contributed by atoms with Gasteiger partial charge in [0.1, 0.15) is 0 Å². The molecule has 0 aliphatic heterocycles. The first-order chi connectivity index (χ1) is 7.79. The van der Waals surface area contributed by atoms with Crippen LogP contribution in [0.25, 0.3) is 0 Å². The lowest BCUT2D eigenvalue weighted by Gasteiger charge is -2.15. The second-order valence-corrected chi connectivity index (χ2v) is 5.01. The molecule has 3 heteroatoms. The van der Waals surface area contributed by atoms with Gasteiger partial charge < -0.3 is 5.73 Å². The highest BCUT2D eigenvalue weighted by Gasteiger charge is 2.20. The summed E-state index contributed by atoms with van der Waals surface area (Å²) in [5.41, 5.74) is 7.49. The Kier molecular flexibility index (Phi) is 3.99. The van der Waals surface area contributed by atoms with Crippen molar-refractivity contribution in [2.45, 2.75) is 64.0 Å². The standard InChI is InChI=1S/C13H23N3/c1-2-7-16-10-12(9-15-16)11-5-3-4-6-13(14)8-11/h9-11,13H,2-8,14H2,1H3. The molecule has 1 aliphatic carbocycles. The van der Waals surface area contributed by atoms with Crippen molar-refractivity contribution in [1.82, 2.24) is 9.78 Å². The zero-order chi connectivity index (χ0) is 11.4. The van der Waals surface area contributed by atoms with Gasteiger partial charge in [0.05, 0.1) is 6.20 Å². The molecular weight excluding hydrogens is 198 g/mol. The van der Waals surface area contributed by atoms with Crippen LogP contribution in [0.3, 0.4) is 0 Å². The minimum absolute atomic E-state index is 0.391. The molecule has 0 saturated heterocycles. The number of aryl methyl sites for hydroxylation is 1. The first-order valence-corrected chi connectivity index (χ1v) is 6.57. The Balaban J connectivity index is 2.03. The van der Waals surface area contributed by atoms with E-state index in [1.54, 1.807) is 0 Å². The summed E-state index contributed by atoms with van der Waals surface area (Å²) in [6.07, 6.45) is 11.6. The van der Waals surface area contributed by atoms with Crippen LogP contribution in [0.4, 0.5) is 0 Å². The molecule has 1 aliphatic rings. The second-order valence-electron chi connectivity index (χ2n) is 5.01. The van der Waals surface area contributed by atoms with Crippen LogP contribution in [0, 0.1) is 0 Å². The average Bonchev–Trinajstić information content (AvgIpc) is 2.61. The summed E-state index contributed by atoms with van der Waals surface area (Å²) >= 11 is 0. The van der Waals surface area contributed by atoms with Gasteiger partial charge in [0.15, 0.2) is 0 Å². The van der Waals surface area contributed by atoms with Gasteiger partial charge in [0, 0.05) is 18.8 Å². The number of rotatable bonds is 3. The minimum Gasteiger partial charge on any atom is -0.328 e. The molecule has 0 aromatic carbocycles. The van der Waals surface area contributed by atoms with E-state index < -0.39 is 0 Å². The summed E-state index contributed by atoms with van der Waals surface area (Å²) in [6, 6.07) is 0.391. The summed E-state index contributed by atoms with van der Waals surface area (Å²) < 4.78 is 2.06. The van der Waals surface area contributed by atoms with E-state index in [9.17, 15) is 0 Å². The van der Waals surface area contributed by atoms with E-state index >= 15 is 0 Å². The summed E-state index contributed by atoms with van der Waals surface area (Å²) in [4.78, 5) is 0. The molecule has 16 heavy (non-hydrogen) atoms. The number of aromatic nitrogens is 2. The zero-order valence-electron chi connectivity index (χ0n) is 10.2. The molecule has 2 rings (SSSR count). The van der Waals surface area contributed by atoms with E-state index in [4.69, 9.17) is 5.73 Å². The normalized spacial score (nSPS) is 26.6. The quantitative estimate of drug-likeness (QED) is 0.797. The average molecular weight is 221 g/mol. The molecule has 1 aromatic heterocycles. The molecule has 1 heterocycles. The lowest BCUT2D eigenvalue weighted by atomic mass is 9.93. The molecule has 2 unspecified atom stereocenters. The third-order valence-corrected chi connectivity index (χ3v) is 3.54. The van der Waals surface area contributed by atoms with E-state index in [0.717, 1.165) is 19.4 Å². The van der Waals surface area contributed by atoms with Crippen molar-refractivity contribution in [3.8, 4) is 0 Å². The largest absolute Gasteiger partial charge is 0.328 e. The van der Waals surface area contributed by atoms with Crippen molar-refractivity contribution in [3.05, 3.63) is 18.0 Å². The maximum absolute atomic E-state index is 6.10. The van der Waals surface area contributed by atoms with Gasteiger partial charge in [0.25, 0.3) is 0 Å². The molecule has 1 saturated carbocycles. The van der Waals surface area contributed by atoms with Crippen LogP contribution in [0.1, 0.15) is 56.9 Å². The summed E-state index contributed by atoms with van der Waals surface area (Å²) in [6.45, 7) is 3.21. The van der Waals surface area contributed by atoms with Gasteiger partial charge in [-0.2, -0.15) is 5.10 Å². The van der Waals surface area contributed by atoms with Gasteiger partial charge in [-0.3, -0.25) is 4.68 Å². The predicted octanol–water partition coefficient (Wildman–Crippen LogP) is 2.67. The van der Waals surface area contributed by atoms with Gasteiger partial charge in [-0.25, -0.2) is 0 Å². The third-order valence-electron chi connectivity index (χ3n) is 3.54. The Morgan fingerprint density at radius 2 is 2.25 bits per heavy atom. The number of hydrogen-bond acceptors (Lipinski definition) is 2. The molecular formula is C13H23N3. The highest BCUT2D eigenvalue weighted by molar-refractivity contribution is 5.12. The summed E-state index contributed by atoms with van der Waals surface area (Å²) in [7, 11) is 0. The lowest BCUT2D eigenvalue weighted by molar-refractivity contribution is 0.534. The Morgan fingerprint density at radius 3 is 3.06 bits per heavy atom. The van der Waals surface area contributed by atoms with Crippen LogP contribution >= 0.6 is 0 Å². The predicted molar refractivity (Wildman–Crippen MR) is 66.3 cm³/mol. The van der Waals surface area contributed by atoms with E-state index in [-0.39, 0.29) is 0 Å². The lowest BCUT2D eigenvalue weighted by Crippen LogP contribution is -2.20. The third kappa shape index (κ3) is 2.85.